The first-order valence-corrected chi connectivity index (χ1v) is 7.27. The summed E-state index contributed by atoms with van der Waals surface area (Å²) < 4.78 is 26.6. The minimum absolute atomic E-state index is 0.0851. The zero-order chi connectivity index (χ0) is 15.9. The molecule has 118 valence electrons. The van der Waals surface area contributed by atoms with Gasteiger partial charge in [-0.05, 0) is 31.0 Å². The average molecular weight is 308 g/mol. The van der Waals surface area contributed by atoms with E-state index < -0.39 is 11.8 Å². The summed E-state index contributed by atoms with van der Waals surface area (Å²) in [5.41, 5.74) is 7.71. The van der Waals surface area contributed by atoms with Crippen molar-refractivity contribution in [1.29, 1.82) is 0 Å². The lowest BCUT2D eigenvalue weighted by molar-refractivity contribution is 0.00664. The molecule has 2 atom stereocenters. The number of rotatable bonds is 4. The Morgan fingerprint density at radius 1 is 1.59 bits per heavy atom. The molecule has 7 heteroatoms. The number of amides is 1. The van der Waals surface area contributed by atoms with Crippen LogP contribution in [0.1, 0.15) is 48.3 Å². The van der Waals surface area contributed by atoms with Gasteiger partial charge in [-0.1, -0.05) is 0 Å². The van der Waals surface area contributed by atoms with Crippen molar-refractivity contribution in [2.45, 2.75) is 44.2 Å². The van der Waals surface area contributed by atoms with Crippen LogP contribution in [0.4, 0.5) is 8.78 Å². The average Bonchev–Trinajstić information content (AvgIpc) is 3.03. The summed E-state index contributed by atoms with van der Waals surface area (Å²) in [6, 6.07) is 2.94. The molecule has 1 fully saturated rings. The maximum Gasteiger partial charge on any atom is 0.267 e. The molecule has 1 aliphatic carbocycles. The largest absolute Gasteiger partial charge is 0.364 e. The molecule has 2 aromatic rings. The van der Waals surface area contributed by atoms with Crippen LogP contribution in [0.25, 0.3) is 11.0 Å². The molecule has 4 N–H and O–H groups in total. The normalized spacial score (nSPS) is 22.0. The summed E-state index contributed by atoms with van der Waals surface area (Å²) in [5.74, 6) is -3.19. The Hall–Kier alpha value is -2.02. The fourth-order valence-corrected chi connectivity index (χ4v) is 3.07. The number of aromatic amines is 1. The van der Waals surface area contributed by atoms with E-state index in [1.165, 1.54) is 0 Å². The van der Waals surface area contributed by atoms with Crippen LogP contribution in [0, 0.1) is 0 Å². The minimum atomic E-state index is -2.59. The van der Waals surface area contributed by atoms with E-state index in [4.69, 9.17) is 5.73 Å². The van der Waals surface area contributed by atoms with E-state index in [1.807, 2.05) is 6.92 Å². The quantitative estimate of drug-likeness (QED) is 0.811. The van der Waals surface area contributed by atoms with Crippen LogP contribution in [-0.4, -0.2) is 27.8 Å². The van der Waals surface area contributed by atoms with E-state index in [1.54, 1.807) is 18.3 Å². The van der Waals surface area contributed by atoms with Crippen molar-refractivity contribution in [3.8, 4) is 0 Å². The highest BCUT2D eigenvalue weighted by Crippen LogP contribution is 2.36. The summed E-state index contributed by atoms with van der Waals surface area (Å²) in [7, 11) is 0. The lowest BCUT2D eigenvalue weighted by atomic mass is 10.0. The Bertz CT molecular complexity index is 713. The second kappa shape index (κ2) is 5.31. The van der Waals surface area contributed by atoms with Gasteiger partial charge in [0.15, 0.2) is 0 Å². The molecule has 22 heavy (non-hydrogen) atoms. The van der Waals surface area contributed by atoms with Crippen molar-refractivity contribution in [2.75, 3.05) is 0 Å². The Morgan fingerprint density at radius 2 is 2.36 bits per heavy atom. The first-order chi connectivity index (χ1) is 10.4. The minimum Gasteiger partial charge on any atom is -0.364 e. The Balaban J connectivity index is 1.88. The van der Waals surface area contributed by atoms with Crippen molar-refractivity contribution in [2.24, 2.45) is 5.73 Å². The fraction of sp³-hybridized carbons (Fsp3) is 0.467. The number of nitrogens with zero attached hydrogens (tertiary/aromatic N) is 1. The molecular weight excluding hydrogens is 290 g/mol. The van der Waals surface area contributed by atoms with Gasteiger partial charge in [0.25, 0.3) is 5.91 Å². The maximum absolute atomic E-state index is 13.3. The third kappa shape index (κ3) is 2.81. The first kappa shape index (κ1) is 14.9. The molecule has 0 bridgehead atoms. The van der Waals surface area contributed by atoms with Crippen LogP contribution in [-0.2, 0) is 0 Å². The Morgan fingerprint density at radius 3 is 3.00 bits per heavy atom. The van der Waals surface area contributed by atoms with Gasteiger partial charge in [-0.2, -0.15) is 0 Å². The summed E-state index contributed by atoms with van der Waals surface area (Å²) in [4.78, 5) is 18.7. The molecule has 3 rings (SSSR count). The number of nitrogens with one attached hydrogen (secondary N) is 2. The third-order valence-corrected chi connectivity index (χ3v) is 4.16. The zero-order valence-corrected chi connectivity index (χ0v) is 12.2. The topological polar surface area (TPSA) is 83.8 Å². The second-order valence-electron chi connectivity index (χ2n) is 5.88. The highest BCUT2D eigenvalue weighted by Gasteiger charge is 2.39. The number of alkyl halides is 2. The zero-order valence-electron chi connectivity index (χ0n) is 12.2. The van der Waals surface area contributed by atoms with Gasteiger partial charge in [-0.3, -0.25) is 4.79 Å². The number of hydrogen-bond acceptors (Lipinski definition) is 3. The smallest absolute Gasteiger partial charge is 0.267 e. The molecule has 0 unspecified atom stereocenters. The van der Waals surface area contributed by atoms with Gasteiger partial charge in [0, 0.05) is 31.1 Å². The van der Waals surface area contributed by atoms with Crippen molar-refractivity contribution >= 4 is 16.9 Å². The van der Waals surface area contributed by atoms with E-state index in [0.717, 1.165) is 11.1 Å². The van der Waals surface area contributed by atoms with Gasteiger partial charge in [0.2, 0.25) is 5.92 Å². The SMILES string of the molecule is C[C@@H](N[C@@H]1CCC(F)(F)C1)c1cc(C(N)=O)nc2cc[nH]c12. The van der Waals surface area contributed by atoms with Crippen LogP contribution in [0.3, 0.4) is 0 Å². The van der Waals surface area contributed by atoms with Crippen LogP contribution in [0.15, 0.2) is 18.3 Å². The van der Waals surface area contributed by atoms with Gasteiger partial charge in [0.05, 0.1) is 11.0 Å². The number of H-pyrrole nitrogens is 1. The summed E-state index contributed by atoms with van der Waals surface area (Å²) in [6.07, 6.45) is 1.93. The number of nitrogens with two attached hydrogens (primary N) is 1. The summed E-state index contributed by atoms with van der Waals surface area (Å²) >= 11 is 0. The Kier molecular flexibility index (Phi) is 3.60. The van der Waals surface area contributed by atoms with E-state index in [-0.39, 0.29) is 30.6 Å². The van der Waals surface area contributed by atoms with Gasteiger partial charge in [-0.25, -0.2) is 13.8 Å². The molecule has 0 saturated heterocycles. The molecule has 1 aliphatic rings. The number of fused-ring (bicyclic) bond motifs is 1. The number of pyridine rings is 1. The van der Waals surface area contributed by atoms with Crippen LogP contribution >= 0.6 is 0 Å². The first-order valence-electron chi connectivity index (χ1n) is 7.27. The van der Waals surface area contributed by atoms with Gasteiger partial charge < -0.3 is 16.0 Å². The Labute approximate surface area is 126 Å². The third-order valence-electron chi connectivity index (χ3n) is 4.16. The second-order valence-corrected chi connectivity index (χ2v) is 5.88. The van der Waals surface area contributed by atoms with Crippen LogP contribution < -0.4 is 11.1 Å². The summed E-state index contributed by atoms with van der Waals surface area (Å²) in [5, 5.41) is 3.22. The maximum atomic E-state index is 13.3. The van der Waals surface area contributed by atoms with Gasteiger partial charge in [-0.15, -0.1) is 0 Å². The van der Waals surface area contributed by atoms with E-state index in [2.05, 4.69) is 15.3 Å². The lowest BCUT2D eigenvalue weighted by Crippen LogP contribution is -2.31. The molecule has 0 aromatic carbocycles. The molecule has 2 aromatic heterocycles. The van der Waals surface area contributed by atoms with Crippen molar-refractivity contribution in [3.63, 3.8) is 0 Å². The van der Waals surface area contributed by atoms with E-state index in [9.17, 15) is 13.6 Å². The molecule has 2 heterocycles. The number of carbonyl (C=O) groups is 1. The summed E-state index contributed by atoms with van der Waals surface area (Å²) in [6.45, 7) is 1.89. The number of aromatic nitrogens is 2. The number of halogens is 2. The monoisotopic (exact) mass is 308 g/mol. The van der Waals surface area contributed by atoms with Crippen molar-refractivity contribution in [1.82, 2.24) is 15.3 Å². The van der Waals surface area contributed by atoms with Gasteiger partial charge >= 0.3 is 0 Å². The predicted octanol–water partition coefficient (Wildman–Crippen LogP) is 2.50. The molecule has 0 aliphatic heterocycles. The van der Waals surface area contributed by atoms with Gasteiger partial charge in [0.1, 0.15) is 5.69 Å². The molecule has 1 saturated carbocycles. The predicted molar refractivity (Wildman–Crippen MR) is 78.7 cm³/mol. The lowest BCUT2D eigenvalue weighted by Gasteiger charge is -2.20. The van der Waals surface area contributed by atoms with E-state index in [0.29, 0.717) is 11.9 Å². The van der Waals surface area contributed by atoms with Crippen LogP contribution in [0.2, 0.25) is 0 Å². The fourth-order valence-electron chi connectivity index (χ4n) is 3.07. The molecular formula is C15H18F2N4O. The highest BCUT2D eigenvalue weighted by molar-refractivity contribution is 5.94. The number of hydrogen-bond donors (Lipinski definition) is 3. The van der Waals surface area contributed by atoms with Crippen molar-refractivity contribution < 1.29 is 13.6 Å². The highest BCUT2D eigenvalue weighted by atomic mass is 19.3. The number of carbonyl (C=O) groups excluding carboxylic acids is 1. The molecule has 1 amide bonds. The molecule has 5 nitrogen and oxygen atoms in total. The molecule has 0 spiro atoms. The van der Waals surface area contributed by atoms with Crippen molar-refractivity contribution in [3.05, 3.63) is 29.6 Å². The standard InChI is InChI=1S/C15H18F2N4O/c1-8(20-9-2-4-15(16,17)7-9)10-6-12(14(18)22)21-11-3-5-19-13(10)11/h3,5-6,8-9,19-20H,2,4,7H2,1H3,(H2,18,22)/t8-,9-/m1/s1. The number of primary amides is 1. The van der Waals surface area contributed by atoms with Crippen LogP contribution in [0.5, 0.6) is 0 Å². The van der Waals surface area contributed by atoms with E-state index >= 15 is 0 Å². The molecule has 0 radical (unpaired) electrons.